The van der Waals surface area contributed by atoms with E-state index in [0.717, 1.165) is 0 Å². The normalized spacial score (nSPS) is 0. The molecule has 0 unspecified atom stereocenters. The monoisotopic (exact) mass is 135 g/mol. The van der Waals surface area contributed by atoms with Gasteiger partial charge in [0.25, 0.3) is 0 Å². The molecule has 0 bridgehead atoms. The van der Waals surface area contributed by atoms with E-state index in [0.29, 0.717) is 0 Å². The molecular weight excluding hydrogens is 131 g/mol. The summed E-state index contributed by atoms with van der Waals surface area (Å²) in [6, 6.07) is 0. The van der Waals surface area contributed by atoms with E-state index in [1.165, 1.54) is 0 Å². The van der Waals surface area contributed by atoms with Crippen LogP contribution >= 0.6 is 0 Å². The Labute approximate surface area is 51.7 Å². The van der Waals surface area contributed by atoms with Crippen molar-refractivity contribution >= 4 is 0 Å². The fourth-order valence-corrected chi connectivity index (χ4v) is 0. The van der Waals surface area contributed by atoms with E-state index >= 15 is 0 Å². The summed E-state index contributed by atoms with van der Waals surface area (Å²) in [7, 11) is 0. The Morgan fingerprint density at radius 3 is 1.00 bits per heavy atom. The summed E-state index contributed by atoms with van der Waals surface area (Å²) in [6.07, 6.45) is 0. The van der Waals surface area contributed by atoms with Gasteiger partial charge in [-0.3, -0.25) is 0 Å². The molecule has 0 saturated heterocycles. The maximum atomic E-state index is 0. The second-order valence-corrected chi connectivity index (χ2v) is 0. The Morgan fingerprint density at radius 1 is 1.00 bits per heavy atom. The largest absolute Gasteiger partial charge is 0.0776 e. The quantitative estimate of drug-likeness (QED) is 0.450. The topological polar surface area (TPSA) is 59.0 Å². The van der Waals surface area contributed by atoms with Gasteiger partial charge in [-0.1, -0.05) is 7.43 Å². The molecule has 0 aliphatic carbocycles. The Bertz CT molecular complexity index is 8.00. The molecule has 0 aromatic heterocycles. The molecule has 0 aromatic rings. The molecule has 0 atom stereocenters. The number of hydrogen-bond acceptors (Lipinski definition) is 0. The van der Waals surface area contributed by atoms with Crippen LogP contribution in [0.2, 0.25) is 0 Å². The van der Waals surface area contributed by atoms with Crippen LogP contribution in [0.3, 0.4) is 0 Å². The van der Waals surface area contributed by atoms with Crippen molar-refractivity contribution in [3.05, 3.63) is 0 Å². The molecule has 4 heavy (non-hydrogen) atoms. The van der Waals surface area contributed by atoms with E-state index in [1.807, 2.05) is 0 Å². The molecular formula is CH4NOY. The third-order valence-corrected chi connectivity index (χ3v) is 0. The smallest absolute Gasteiger partial charge is 0 e. The van der Waals surface area contributed by atoms with E-state index in [1.54, 1.807) is 0 Å². The van der Waals surface area contributed by atoms with E-state index in [-0.39, 0.29) is 51.8 Å². The van der Waals surface area contributed by atoms with Crippen molar-refractivity contribution in [1.29, 1.82) is 0 Å². The van der Waals surface area contributed by atoms with Crippen molar-refractivity contribution in [3.63, 3.8) is 0 Å². The van der Waals surface area contributed by atoms with Gasteiger partial charge in [0.2, 0.25) is 0 Å². The summed E-state index contributed by atoms with van der Waals surface area (Å²) in [5.74, 6) is 0. The van der Waals surface area contributed by atoms with Crippen molar-refractivity contribution in [2.75, 3.05) is 0 Å². The van der Waals surface area contributed by atoms with Crippen molar-refractivity contribution in [3.8, 4) is 0 Å². The third-order valence-electron chi connectivity index (χ3n) is 0. The van der Waals surface area contributed by atoms with Gasteiger partial charge in [0.15, 0.2) is 0 Å². The first kappa shape index (κ1) is 77.6. The Hall–Kier alpha value is 1.02. The molecule has 0 spiro atoms. The van der Waals surface area contributed by atoms with Crippen LogP contribution < -0.4 is 6.15 Å². The molecule has 0 aromatic carbocycles. The van der Waals surface area contributed by atoms with Crippen LogP contribution in [-0.2, 0) is 38.2 Å². The summed E-state index contributed by atoms with van der Waals surface area (Å²) in [5, 5.41) is 0. The molecule has 6 radical (unpaired) electrons. The standard InChI is InChI=1S/CH4.N.O.Y/h1H4;;;. The van der Waals surface area contributed by atoms with Gasteiger partial charge in [0, 0.05) is 44.3 Å². The Kier molecular flexibility index (Phi) is 681. The molecule has 2 nitrogen and oxygen atoms in total. The van der Waals surface area contributed by atoms with E-state index < -0.39 is 0 Å². The van der Waals surface area contributed by atoms with E-state index in [9.17, 15) is 0 Å². The zero-order chi connectivity index (χ0) is 0. The molecule has 0 fully saturated rings. The van der Waals surface area contributed by atoms with Crippen molar-refractivity contribution < 1.29 is 38.2 Å². The van der Waals surface area contributed by atoms with Gasteiger partial charge in [-0.15, -0.1) is 0 Å². The van der Waals surface area contributed by atoms with Gasteiger partial charge in [-0.2, -0.15) is 0 Å². The summed E-state index contributed by atoms with van der Waals surface area (Å²) in [5.41, 5.74) is 0. The number of nitrogens with zero attached hydrogens (tertiary/aromatic N) is 1. The minimum atomic E-state index is 0. The van der Waals surface area contributed by atoms with Gasteiger partial charge in [-0.05, 0) is 0 Å². The van der Waals surface area contributed by atoms with E-state index in [2.05, 4.69) is 0 Å². The molecule has 22 valence electrons. The summed E-state index contributed by atoms with van der Waals surface area (Å²) < 4.78 is 0. The summed E-state index contributed by atoms with van der Waals surface area (Å²) in [4.78, 5) is 0. The first-order chi connectivity index (χ1) is 0. The maximum absolute atomic E-state index is 0. The minimum Gasteiger partial charge on any atom is -0.0776 e. The number of rotatable bonds is 0. The number of hydrogen-bond donors (Lipinski definition) is 0. The SMILES string of the molecule is C.[N].[O].[Y]. The molecule has 3 heteroatoms. The molecule has 0 aliphatic heterocycles. The van der Waals surface area contributed by atoms with Crippen LogP contribution in [0.4, 0.5) is 0 Å². The average molecular weight is 135 g/mol. The first-order valence-electron chi connectivity index (χ1n) is 0. The fraction of sp³-hybridized carbons (Fsp3) is 1.00. The first-order valence-corrected chi connectivity index (χ1v) is 0. The molecule has 0 N–H and O–H groups in total. The second-order valence-electron chi connectivity index (χ2n) is 0. The zero-order valence-corrected chi connectivity index (χ0v) is 4.27. The molecule has 0 saturated carbocycles. The summed E-state index contributed by atoms with van der Waals surface area (Å²) in [6.45, 7) is 0. The van der Waals surface area contributed by atoms with E-state index in [4.69, 9.17) is 0 Å². The third kappa shape index (κ3) is 11.8. The van der Waals surface area contributed by atoms with Crippen LogP contribution in [-0.4, -0.2) is 0 Å². The van der Waals surface area contributed by atoms with Crippen LogP contribution in [0, 0.1) is 0 Å². The van der Waals surface area contributed by atoms with Gasteiger partial charge >= 0.3 is 0 Å². The fourth-order valence-electron chi connectivity index (χ4n) is 0. The maximum Gasteiger partial charge on any atom is 0 e. The second kappa shape index (κ2) is 35.1. The Balaban J connectivity index is 0. The van der Waals surface area contributed by atoms with Crippen LogP contribution in [0.25, 0.3) is 0 Å². The molecule has 0 heterocycles. The van der Waals surface area contributed by atoms with Gasteiger partial charge < -0.3 is 0 Å². The minimum absolute atomic E-state index is 0. The zero-order valence-electron chi connectivity index (χ0n) is 1.43. The van der Waals surface area contributed by atoms with Crippen molar-refractivity contribution in [2.24, 2.45) is 0 Å². The molecule has 0 aliphatic rings. The predicted molar refractivity (Wildman–Crippen MR) is 9.55 cm³/mol. The van der Waals surface area contributed by atoms with Crippen molar-refractivity contribution in [2.45, 2.75) is 7.43 Å². The van der Waals surface area contributed by atoms with Gasteiger partial charge in [0.05, 0.1) is 0 Å². The van der Waals surface area contributed by atoms with Crippen LogP contribution in [0.1, 0.15) is 7.43 Å². The Morgan fingerprint density at radius 2 is 1.00 bits per heavy atom. The summed E-state index contributed by atoms with van der Waals surface area (Å²) >= 11 is 0. The van der Waals surface area contributed by atoms with Crippen molar-refractivity contribution in [1.82, 2.24) is 6.15 Å². The average Bonchev–Trinajstić information content (AvgIpc) is 0. The van der Waals surface area contributed by atoms with Crippen LogP contribution in [0.5, 0.6) is 0 Å². The van der Waals surface area contributed by atoms with Gasteiger partial charge in [-0.25, -0.2) is 0 Å². The molecule has 0 amide bonds. The van der Waals surface area contributed by atoms with Crippen LogP contribution in [0.15, 0.2) is 0 Å². The van der Waals surface area contributed by atoms with Gasteiger partial charge in [0.1, 0.15) is 0 Å². The predicted octanol–water partition coefficient (Wildman–Crippen LogP) is 0.0342. The molecule has 0 rings (SSSR count).